The van der Waals surface area contributed by atoms with Crippen LogP contribution in [0.2, 0.25) is 0 Å². The smallest absolute Gasteiger partial charge is 0.244 e. The second-order valence-electron chi connectivity index (χ2n) is 5.86. The van der Waals surface area contributed by atoms with Gasteiger partial charge in [0.05, 0.1) is 0 Å². The maximum absolute atomic E-state index is 12.4. The van der Waals surface area contributed by atoms with Gasteiger partial charge >= 0.3 is 0 Å². The number of benzene rings is 1. The van der Waals surface area contributed by atoms with Crippen molar-refractivity contribution in [2.24, 2.45) is 10.9 Å². The first-order chi connectivity index (χ1) is 11.1. The first-order valence-corrected chi connectivity index (χ1v) is 8.40. The molecule has 0 saturated carbocycles. The van der Waals surface area contributed by atoms with Gasteiger partial charge in [-0.3, -0.25) is 4.79 Å². The van der Waals surface area contributed by atoms with Crippen LogP contribution in [-0.2, 0) is 11.3 Å². The van der Waals surface area contributed by atoms with Gasteiger partial charge in [-0.25, -0.2) is 4.99 Å². The van der Waals surface area contributed by atoms with Crippen molar-refractivity contribution in [3.05, 3.63) is 35.9 Å². The maximum Gasteiger partial charge on any atom is 0.244 e. The number of nitrogens with zero attached hydrogens (tertiary/aromatic N) is 2. The summed E-state index contributed by atoms with van der Waals surface area (Å²) in [4.78, 5) is 18.6. The first kappa shape index (κ1) is 22.7. The van der Waals surface area contributed by atoms with Crippen molar-refractivity contribution in [1.29, 1.82) is 0 Å². The number of nitrogens with one attached hydrogen (secondary N) is 2. The molecule has 0 heterocycles. The lowest BCUT2D eigenvalue weighted by Crippen LogP contribution is -2.40. The van der Waals surface area contributed by atoms with E-state index in [-0.39, 0.29) is 36.4 Å². The Balaban J connectivity index is 0.00000529. The van der Waals surface area contributed by atoms with Crippen LogP contribution in [0.3, 0.4) is 0 Å². The molecule has 0 aromatic heterocycles. The largest absolute Gasteiger partial charge is 0.357 e. The van der Waals surface area contributed by atoms with Gasteiger partial charge < -0.3 is 15.5 Å². The molecule has 0 aliphatic heterocycles. The Hall–Kier alpha value is -1.31. The highest BCUT2D eigenvalue weighted by Gasteiger charge is 2.12. The topological polar surface area (TPSA) is 56.7 Å². The number of aliphatic imine (C=N–C) groups is 1. The van der Waals surface area contributed by atoms with Crippen molar-refractivity contribution in [3.8, 4) is 0 Å². The fourth-order valence-corrected chi connectivity index (χ4v) is 2.07. The predicted octanol–water partition coefficient (Wildman–Crippen LogP) is 2.86. The Bertz CT molecular complexity index is 491. The van der Waals surface area contributed by atoms with E-state index in [1.54, 1.807) is 0 Å². The SMILES string of the molecule is CCNC(=NCC(=O)N(CC)Cc1ccccc1)NCC(C)C.I. The molecular formula is C18H31IN4O. The zero-order chi connectivity index (χ0) is 17.1. The van der Waals surface area contributed by atoms with Crippen LogP contribution >= 0.6 is 24.0 Å². The molecule has 0 atom stereocenters. The van der Waals surface area contributed by atoms with Gasteiger partial charge in [-0.2, -0.15) is 0 Å². The third-order valence-corrected chi connectivity index (χ3v) is 3.35. The Morgan fingerprint density at radius 3 is 2.38 bits per heavy atom. The van der Waals surface area contributed by atoms with E-state index < -0.39 is 0 Å². The molecule has 0 bridgehead atoms. The quantitative estimate of drug-likeness (QED) is 0.367. The van der Waals surface area contributed by atoms with Gasteiger partial charge in [0.25, 0.3) is 0 Å². The predicted molar refractivity (Wildman–Crippen MR) is 112 cm³/mol. The fourth-order valence-electron chi connectivity index (χ4n) is 2.07. The summed E-state index contributed by atoms with van der Waals surface area (Å²) >= 11 is 0. The summed E-state index contributed by atoms with van der Waals surface area (Å²) in [6.45, 7) is 11.4. The lowest BCUT2D eigenvalue weighted by Gasteiger charge is -2.20. The van der Waals surface area contributed by atoms with Crippen molar-refractivity contribution >= 4 is 35.8 Å². The van der Waals surface area contributed by atoms with Crippen molar-refractivity contribution in [2.45, 2.75) is 34.2 Å². The third kappa shape index (κ3) is 9.10. The van der Waals surface area contributed by atoms with Crippen LogP contribution < -0.4 is 10.6 Å². The van der Waals surface area contributed by atoms with E-state index in [9.17, 15) is 4.79 Å². The molecule has 136 valence electrons. The number of hydrogen-bond acceptors (Lipinski definition) is 2. The summed E-state index contributed by atoms with van der Waals surface area (Å²) in [5.74, 6) is 1.27. The van der Waals surface area contributed by atoms with Crippen LogP contribution in [0.5, 0.6) is 0 Å². The van der Waals surface area contributed by atoms with Gasteiger partial charge in [0.1, 0.15) is 6.54 Å². The standard InChI is InChI=1S/C18H30N4O.HI/c1-5-19-18(20-12-15(3)4)21-13-17(23)22(6-2)14-16-10-8-7-9-11-16;/h7-11,15H,5-6,12-14H2,1-4H3,(H2,19,20,21);1H. The van der Waals surface area contributed by atoms with Crippen LogP contribution in [0.4, 0.5) is 0 Å². The molecule has 0 aliphatic carbocycles. The van der Waals surface area contributed by atoms with Gasteiger partial charge in [-0.1, -0.05) is 44.2 Å². The molecule has 6 heteroatoms. The second kappa shape index (κ2) is 13.0. The average Bonchev–Trinajstić information content (AvgIpc) is 2.55. The van der Waals surface area contributed by atoms with Gasteiger partial charge in [-0.15, -0.1) is 24.0 Å². The maximum atomic E-state index is 12.4. The third-order valence-electron chi connectivity index (χ3n) is 3.35. The Morgan fingerprint density at radius 2 is 1.83 bits per heavy atom. The summed E-state index contributed by atoms with van der Waals surface area (Å²) in [7, 11) is 0. The number of likely N-dealkylation sites (N-methyl/N-ethyl adjacent to an activating group) is 1. The van der Waals surface area contributed by atoms with Crippen LogP contribution in [0, 0.1) is 5.92 Å². The first-order valence-electron chi connectivity index (χ1n) is 8.40. The molecule has 1 aromatic rings. The van der Waals surface area contributed by atoms with Crippen molar-refractivity contribution in [2.75, 3.05) is 26.2 Å². The summed E-state index contributed by atoms with van der Waals surface area (Å²) in [6, 6.07) is 10.0. The molecule has 0 spiro atoms. The molecule has 5 nitrogen and oxygen atoms in total. The van der Waals surface area contributed by atoms with Crippen LogP contribution in [0.1, 0.15) is 33.3 Å². The average molecular weight is 446 g/mol. The minimum atomic E-state index is 0. The molecule has 0 saturated heterocycles. The zero-order valence-corrected chi connectivity index (χ0v) is 17.5. The number of guanidine groups is 1. The number of amides is 1. The van der Waals surface area contributed by atoms with E-state index in [1.807, 2.05) is 49.1 Å². The highest BCUT2D eigenvalue weighted by Crippen LogP contribution is 2.04. The molecule has 0 aliphatic rings. The number of rotatable bonds is 8. The molecule has 24 heavy (non-hydrogen) atoms. The van der Waals surface area contributed by atoms with E-state index in [0.29, 0.717) is 25.0 Å². The van der Waals surface area contributed by atoms with E-state index in [2.05, 4.69) is 29.5 Å². The molecule has 1 rings (SSSR count). The molecule has 1 aromatic carbocycles. The van der Waals surface area contributed by atoms with E-state index in [1.165, 1.54) is 0 Å². The van der Waals surface area contributed by atoms with Gasteiger partial charge in [0.2, 0.25) is 5.91 Å². The summed E-state index contributed by atoms with van der Waals surface area (Å²) < 4.78 is 0. The van der Waals surface area contributed by atoms with E-state index >= 15 is 0 Å². The second-order valence-corrected chi connectivity index (χ2v) is 5.86. The van der Waals surface area contributed by atoms with Gasteiger partial charge in [-0.05, 0) is 25.3 Å². The molecule has 2 N–H and O–H groups in total. The van der Waals surface area contributed by atoms with Crippen molar-refractivity contribution in [3.63, 3.8) is 0 Å². The van der Waals surface area contributed by atoms with Crippen LogP contribution in [0.15, 0.2) is 35.3 Å². The number of halogens is 1. The monoisotopic (exact) mass is 446 g/mol. The Kier molecular flexibility index (Phi) is 12.3. The fraction of sp³-hybridized carbons (Fsp3) is 0.556. The number of carbonyl (C=O) groups is 1. The van der Waals surface area contributed by atoms with Crippen molar-refractivity contribution < 1.29 is 4.79 Å². The molecule has 0 unspecified atom stereocenters. The zero-order valence-electron chi connectivity index (χ0n) is 15.2. The number of hydrogen-bond donors (Lipinski definition) is 2. The number of carbonyl (C=O) groups excluding carboxylic acids is 1. The van der Waals surface area contributed by atoms with Gasteiger partial charge in [0.15, 0.2) is 5.96 Å². The Labute approximate surface area is 163 Å². The lowest BCUT2D eigenvalue weighted by molar-refractivity contribution is -0.130. The summed E-state index contributed by atoms with van der Waals surface area (Å²) in [5, 5.41) is 6.42. The molecule has 1 amide bonds. The highest BCUT2D eigenvalue weighted by atomic mass is 127. The lowest BCUT2D eigenvalue weighted by atomic mass is 10.2. The molecule has 0 radical (unpaired) electrons. The highest BCUT2D eigenvalue weighted by molar-refractivity contribution is 14.0. The molecule has 0 fully saturated rings. The minimum absolute atomic E-state index is 0. The van der Waals surface area contributed by atoms with E-state index in [0.717, 1.165) is 18.7 Å². The summed E-state index contributed by atoms with van der Waals surface area (Å²) in [5.41, 5.74) is 1.14. The molecular weight excluding hydrogens is 415 g/mol. The normalized spacial score (nSPS) is 11.0. The van der Waals surface area contributed by atoms with Crippen LogP contribution in [0.25, 0.3) is 0 Å². The van der Waals surface area contributed by atoms with Crippen molar-refractivity contribution in [1.82, 2.24) is 15.5 Å². The summed E-state index contributed by atoms with van der Waals surface area (Å²) in [6.07, 6.45) is 0. The van der Waals surface area contributed by atoms with E-state index in [4.69, 9.17) is 0 Å². The Morgan fingerprint density at radius 1 is 1.17 bits per heavy atom. The minimum Gasteiger partial charge on any atom is -0.357 e. The van der Waals surface area contributed by atoms with Crippen LogP contribution in [-0.4, -0.2) is 42.9 Å². The van der Waals surface area contributed by atoms with Gasteiger partial charge in [0, 0.05) is 26.2 Å².